The Morgan fingerprint density at radius 2 is 2.20 bits per heavy atom. The molecular weight excluding hydrogens is 336 g/mol. The van der Waals surface area contributed by atoms with Gasteiger partial charge in [0, 0.05) is 23.4 Å². The van der Waals surface area contributed by atoms with E-state index in [4.69, 9.17) is 0 Å². The van der Waals surface area contributed by atoms with Crippen LogP contribution in [0.2, 0.25) is 0 Å². The number of imidazole rings is 2. The number of thioether (sulfide) groups is 1. The lowest BCUT2D eigenvalue weighted by atomic mass is 10.2. The molecular formula is C16H18N8S. The lowest BCUT2D eigenvalue weighted by Gasteiger charge is -2.25. The van der Waals surface area contributed by atoms with Gasteiger partial charge in [-0.15, -0.1) is 11.8 Å². The first kappa shape index (κ1) is 14.9. The van der Waals surface area contributed by atoms with E-state index in [0.29, 0.717) is 11.7 Å². The van der Waals surface area contributed by atoms with E-state index in [-0.39, 0.29) is 0 Å². The lowest BCUT2D eigenvalue weighted by Crippen LogP contribution is -2.24. The number of hydrogen-bond acceptors (Lipinski definition) is 7. The van der Waals surface area contributed by atoms with Crippen molar-refractivity contribution in [1.82, 2.24) is 35.2 Å². The Kier molecular flexibility index (Phi) is 3.67. The Hall–Kier alpha value is -2.39. The number of aromatic nitrogens is 6. The van der Waals surface area contributed by atoms with Gasteiger partial charge in [-0.2, -0.15) is 0 Å². The molecule has 5 rings (SSSR count). The molecule has 0 spiro atoms. The molecule has 9 heteroatoms. The summed E-state index contributed by atoms with van der Waals surface area (Å²) in [5, 5.41) is 3.48. The van der Waals surface area contributed by atoms with Crippen LogP contribution < -0.4 is 10.2 Å². The van der Waals surface area contributed by atoms with Crippen LogP contribution in [0.3, 0.4) is 0 Å². The van der Waals surface area contributed by atoms with Crippen LogP contribution in [-0.4, -0.2) is 48.7 Å². The minimum Gasteiger partial charge on any atom is -0.340 e. The number of aromatic amines is 2. The van der Waals surface area contributed by atoms with E-state index >= 15 is 0 Å². The van der Waals surface area contributed by atoms with E-state index in [9.17, 15) is 0 Å². The van der Waals surface area contributed by atoms with E-state index in [2.05, 4.69) is 46.3 Å². The van der Waals surface area contributed by atoms with Crippen molar-refractivity contribution in [2.24, 2.45) is 0 Å². The Morgan fingerprint density at radius 3 is 3.12 bits per heavy atom. The zero-order chi connectivity index (χ0) is 16.6. The SMILES string of the molecule is C1=C(c2cnc([C@H]3CCCN3)[nH]2)SCCN1c1ncnc2nc[nH]c12. The van der Waals surface area contributed by atoms with Gasteiger partial charge in [-0.1, -0.05) is 0 Å². The smallest absolute Gasteiger partial charge is 0.182 e. The van der Waals surface area contributed by atoms with Gasteiger partial charge in [0.15, 0.2) is 11.5 Å². The summed E-state index contributed by atoms with van der Waals surface area (Å²) in [5.74, 6) is 2.88. The zero-order valence-electron chi connectivity index (χ0n) is 13.6. The van der Waals surface area contributed by atoms with Gasteiger partial charge in [-0.3, -0.25) is 0 Å². The molecule has 0 aromatic carbocycles. The fourth-order valence-electron chi connectivity index (χ4n) is 3.34. The summed E-state index contributed by atoms with van der Waals surface area (Å²) in [5.41, 5.74) is 2.62. The van der Waals surface area contributed by atoms with Crippen molar-refractivity contribution in [2.75, 3.05) is 23.7 Å². The maximum Gasteiger partial charge on any atom is 0.182 e. The van der Waals surface area contributed by atoms with E-state index in [1.807, 2.05) is 18.0 Å². The highest BCUT2D eigenvalue weighted by atomic mass is 32.2. The molecule has 0 unspecified atom stereocenters. The monoisotopic (exact) mass is 354 g/mol. The molecule has 2 aliphatic heterocycles. The Balaban J connectivity index is 1.47. The number of nitrogens with zero attached hydrogens (tertiary/aromatic N) is 5. The molecule has 1 atom stereocenters. The van der Waals surface area contributed by atoms with Crippen LogP contribution in [0, 0.1) is 0 Å². The number of rotatable bonds is 3. The fraction of sp³-hybridized carbons (Fsp3) is 0.375. The van der Waals surface area contributed by atoms with Crippen LogP contribution in [0.1, 0.15) is 30.4 Å². The molecule has 3 N–H and O–H groups in total. The largest absolute Gasteiger partial charge is 0.340 e. The van der Waals surface area contributed by atoms with Crippen molar-refractivity contribution in [3.05, 3.63) is 36.6 Å². The summed E-state index contributed by atoms with van der Waals surface area (Å²) in [7, 11) is 0. The summed E-state index contributed by atoms with van der Waals surface area (Å²) < 4.78 is 0. The first-order valence-corrected chi connectivity index (χ1v) is 9.41. The van der Waals surface area contributed by atoms with Crippen molar-refractivity contribution >= 4 is 33.6 Å². The Morgan fingerprint density at radius 1 is 1.20 bits per heavy atom. The molecule has 128 valence electrons. The highest BCUT2D eigenvalue weighted by molar-refractivity contribution is 8.08. The van der Waals surface area contributed by atoms with Crippen LogP contribution in [-0.2, 0) is 0 Å². The van der Waals surface area contributed by atoms with Gasteiger partial charge in [-0.05, 0) is 19.4 Å². The summed E-state index contributed by atoms with van der Waals surface area (Å²) in [6, 6.07) is 0.352. The van der Waals surface area contributed by atoms with Crippen LogP contribution in [0.5, 0.6) is 0 Å². The van der Waals surface area contributed by atoms with E-state index < -0.39 is 0 Å². The standard InChI is InChI=1S/C16H18N8S/c1-2-10(17-3-1)14-18-6-11(23-14)12-7-24(4-5-25-12)16-13-15(20-8-19-13)21-9-22-16/h6-10,17H,1-5H2,(H,18,23)(H,19,20,21,22)/t10-/m1/s1. The maximum atomic E-state index is 4.58. The molecule has 25 heavy (non-hydrogen) atoms. The molecule has 3 aromatic heterocycles. The predicted octanol–water partition coefficient (Wildman–Crippen LogP) is 2.05. The average molecular weight is 354 g/mol. The third-order valence-corrected chi connectivity index (χ3v) is 5.61. The number of H-pyrrole nitrogens is 2. The number of nitrogens with one attached hydrogen (secondary N) is 3. The van der Waals surface area contributed by atoms with Gasteiger partial charge < -0.3 is 20.2 Å². The summed E-state index contributed by atoms with van der Waals surface area (Å²) in [6.45, 7) is 1.96. The fourth-order valence-corrected chi connectivity index (χ4v) is 4.31. The second-order valence-electron chi connectivity index (χ2n) is 6.16. The highest BCUT2D eigenvalue weighted by Crippen LogP contribution is 2.34. The molecule has 1 saturated heterocycles. The summed E-state index contributed by atoms with van der Waals surface area (Å²) in [4.78, 5) is 27.4. The van der Waals surface area contributed by atoms with E-state index in [0.717, 1.165) is 48.1 Å². The minimum atomic E-state index is 0.352. The molecule has 1 fully saturated rings. The van der Waals surface area contributed by atoms with Crippen molar-refractivity contribution in [3.63, 3.8) is 0 Å². The van der Waals surface area contributed by atoms with Gasteiger partial charge in [0.1, 0.15) is 17.7 Å². The van der Waals surface area contributed by atoms with Crippen molar-refractivity contribution in [2.45, 2.75) is 18.9 Å². The zero-order valence-corrected chi connectivity index (χ0v) is 14.4. The minimum absolute atomic E-state index is 0.352. The topological polar surface area (TPSA) is 98.4 Å². The van der Waals surface area contributed by atoms with Crippen molar-refractivity contribution in [3.8, 4) is 0 Å². The van der Waals surface area contributed by atoms with Crippen LogP contribution in [0.4, 0.5) is 5.82 Å². The van der Waals surface area contributed by atoms with Crippen molar-refractivity contribution < 1.29 is 0 Å². The third kappa shape index (κ3) is 2.69. The van der Waals surface area contributed by atoms with E-state index in [1.165, 1.54) is 11.3 Å². The van der Waals surface area contributed by atoms with Gasteiger partial charge >= 0.3 is 0 Å². The molecule has 0 bridgehead atoms. The Labute approximate surface area is 148 Å². The molecule has 8 nitrogen and oxygen atoms in total. The molecule has 0 amide bonds. The number of fused-ring (bicyclic) bond motifs is 1. The molecule has 3 aromatic rings. The molecule has 0 aliphatic carbocycles. The molecule has 2 aliphatic rings. The second kappa shape index (κ2) is 6.16. The molecule has 0 radical (unpaired) electrons. The second-order valence-corrected chi connectivity index (χ2v) is 7.30. The van der Waals surface area contributed by atoms with Gasteiger partial charge in [0.05, 0.1) is 24.3 Å². The Bertz CT molecular complexity index is 923. The molecule has 5 heterocycles. The lowest BCUT2D eigenvalue weighted by molar-refractivity contribution is 0.612. The normalized spacial score (nSPS) is 21.0. The average Bonchev–Trinajstić information content (AvgIpc) is 3.41. The van der Waals surface area contributed by atoms with Crippen LogP contribution in [0.15, 0.2) is 25.1 Å². The summed E-state index contributed by atoms with van der Waals surface area (Å²) >= 11 is 1.84. The first-order chi connectivity index (χ1) is 12.4. The predicted molar refractivity (Wildman–Crippen MR) is 98.0 cm³/mol. The highest BCUT2D eigenvalue weighted by Gasteiger charge is 2.22. The van der Waals surface area contributed by atoms with Gasteiger partial charge in [0.25, 0.3) is 0 Å². The van der Waals surface area contributed by atoms with Gasteiger partial charge in [-0.25, -0.2) is 19.9 Å². The van der Waals surface area contributed by atoms with Crippen molar-refractivity contribution in [1.29, 1.82) is 0 Å². The van der Waals surface area contributed by atoms with Crippen LogP contribution in [0.25, 0.3) is 16.1 Å². The number of hydrogen-bond donors (Lipinski definition) is 3. The van der Waals surface area contributed by atoms with Gasteiger partial charge in [0.2, 0.25) is 0 Å². The maximum absolute atomic E-state index is 4.58. The number of anilines is 1. The first-order valence-electron chi connectivity index (χ1n) is 8.42. The summed E-state index contributed by atoms with van der Waals surface area (Å²) in [6.07, 6.45) is 9.64. The third-order valence-electron chi connectivity index (χ3n) is 4.59. The van der Waals surface area contributed by atoms with Crippen LogP contribution >= 0.6 is 11.8 Å². The van der Waals surface area contributed by atoms with E-state index in [1.54, 1.807) is 12.7 Å². The molecule has 0 saturated carbocycles. The quantitative estimate of drug-likeness (QED) is 0.662.